The second-order valence-electron chi connectivity index (χ2n) is 7.41. The van der Waals surface area contributed by atoms with E-state index in [0.717, 1.165) is 16.1 Å². The Labute approximate surface area is 183 Å². The third-order valence-corrected chi connectivity index (χ3v) is 5.92. The van der Waals surface area contributed by atoms with Gasteiger partial charge in [0.25, 0.3) is 5.91 Å². The van der Waals surface area contributed by atoms with Crippen LogP contribution in [-0.4, -0.2) is 64.5 Å². The van der Waals surface area contributed by atoms with Crippen LogP contribution in [-0.2, 0) is 4.79 Å². The normalized spacial score (nSPS) is 14.5. The average Bonchev–Trinajstić information content (AvgIpc) is 3.22. The molecule has 0 spiro atoms. The number of benzene rings is 2. The molecule has 2 amide bonds. The maximum Gasteiger partial charge on any atom is 0.254 e. The lowest BCUT2D eigenvalue weighted by Crippen LogP contribution is -2.50. The summed E-state index contributed by atoms with van der Waals surface area (Å²) >= 11 is 1.33. The van der Waals surface area contributed by atoms with Crippen molar-refractivity contribution < 1.29 is 14.0 Å². The molecule has 4 rings (SSSR count). The summed E-state index contributed by atoms with van der Waals surface area (Å²) in [7, 11) is 0. The van der Waals surface area contributed by atoms with Gasteiger partial charge in [0, 0.05) is 37.3 Å². The molecule has 0 radical (unpaired) electrons. The molecule has 0 bridgehead atoms. The lowest BCUT2D eigenvalue weighted by atomic mass is 10.1. The van der Waals surface area contributed by atoms with E-state index in [1.54, 1.807) is 11.0 Å². The molecule has 1 aromatic heterocycles. The minimum absolute atomic E-state index is 0.170. The maximum absolute atomic E-state index is 13.4. The molecule has 3 aromatic rings. The molecule has 1 N–H and O–H groups in total. The summed E-state index contributed by atoms with van der Waals surface area (Å²) in [5, 5.41) is 12.2. The van der Waals surface area contributed by atoms with E-state index in [4.69, 9.17) is 0 Å². The van der Waals surface area contributed by atoms with Crippen LogP contribution in [0.5, 0.6) is 0 Å². The number of nitrogens with one attached hydrogen (secondary N) is 1. The predicted molar refractivity (Wildman–Crippen MR) is 117 cm³/mol. The van der Waals surface area contributed by atoms with Crippen molar-refractivity contribution in [3.8, 4) is 10.6 Å². The Balaban J connectivity index is 1.27. The Hall–Kier alpha value is -3.17. The molecular weight excluding hydrogens is 417 g/mol. The third kappa shape index (κ3) is 5.31. The Kier molecular flexibility index (Phi) is 6.34. The van der Waals surface area contributed by atoms with Gasteiger partial charge in [0.2, 0.25) is 11.0 Å². The number of carbonyl (C=O) groups excluding carboxylic acids is 2. The van der Waals surface area contributed by atoms with Crippen molar-refractivity contribution in [3.63, 3.8) is 0 Å². The molecule has 0 aliphatic carbocycles. The van der Waals surface area contributed by atoms with Gasteiger partial charge in [-0.1, -0.05) is 41.2 Å². The number of nitrogens with zero attached hydrogens (tertiary/aromatic N) is 4. The van der Waals surface area contributed by atoms with Crippen molar-refractivity contribution in [1.82, 2.24) is 20.0 Å². The molecule has 2 aromatic carbocycles. The van der Waals surface area contributed by atoms with Gasteiger partial charge in [-0.15, -0.1) is 10.2 Å². The Morgan fingerprint density at radius 2 is 1.84 bits per heavy atom. The molecule has 1 fully saturated rings. The first kappa shape index (κ1) is 21.1. The molecule has 2 heterocycles. The van der Waals surface area contributed by atoms with Gasteiger partial charge in [-0.3, -0.25) is 19.8 Å². The fourth-order valence-corrected chi connectivity index (χ4v) is 4.20. The fraction of sp³-hybridized carbons (Fsp3) is 0.273. The van der Waals surface area contributed by atoms with Gasteiger partial charge >= 0.3 is 0 Å². The molecule has 160 valence electrons. The number of aromatic nitrogens is 2. The van der Waals surface area contributed by atoms with Crippen LogP contribution in [0, 0.1) is 12.7 Å². The van der Waals surface area contributed by atoms with E-state index in [9.17, 15) is 14.0 Å². The summed E-state index contributed by atoms with van der Waals surface area (Å²) in [6.45, 7) is 4.33. The van der Waals surface area contributed by atoms with Crippen LogP contribution >= 0.6 is 11.3 Å². The molecule has 1 saturated heterocycles. The lowest BCUT2D eigenvalue weighted by Gasteiger charge is -2.34. The van der Waals surface area contributed by atoms with E-state index in [-0.39, 0.29) is 18.4 Å². The number of amides is 2. The van der Waals surface area contributed by atoms with Crippen molar-refractivity contribution in [2.24, 2.45) is 0 Å². The van der Waals surface area contributed by atoms with Crippen molar-refractivity contribution in [3.05, 3.63) is 65.5 Å². The average molecular weight is 440 g/mol. The molecule has 7 nitrogen and oxygen atoms in total. The second kappa shape index (κ2) is 9.32. The highest BCUT2D eigenvalue weighted by Crippen LogP contribution is 2.26. The smallest absolute Gasteiger partial charge is 0.254 e. The van der Waals surface area contributed by atoms with Crippen molar-refractivity contribution >= 4 is 28.3 Å². The van der Waals surface area contributed by atoms with E-state index in [1.165, 1.54) is 29.5 Å². The molecule has 1 aliphatic rings. The number of aryl methyl sites for hydroxylation is 1. The Bertz CT molecular complexity index is 1090. The molecule has 31 heavy (non-hydrogen) atoms. The van der Waals surface area contributed by atoms with Gasteiger partial charge in [-0.05, 0) is 31.2 Å². The molecular formula is C22H22FN5O2S. The van der Waals surface area contributed by atoms with E-state index >= 15 is 0 Å². The van der Waals surface area contributed by atoms with Gasteiger partial charge in [-0.25, -0.2) is 4.39 Å². The van der Waals surface area contributed by atoms with Crippen molar-refractivity contribution in [2.45, 2.75) is 6.92 Å². The topological polar surface area (TPSA) is 78.4 Å². The summed E-state index contributed by atoms with van der Waals surface area (Å²) in [4.78, 5) is 28.6. The van der Waals surface area contributed by atoms with Gasteiger partial charge in [0.15, 0.2) is 0 Å². The van der Waals surface area contributed by atoms with Crippen LogP contribution in [0.3, 0.4) is 0 Å². The Morgan fingerprint density at radius 1 is 1.06 bits per heavy atom. The first-order valence-electron chi connectivity index (χ1n) is 9.95. The highest BCUT2D eigenvalue weighted by Gasteiger charge is 2.24. The summed E-state index contributed by atoms with van der Waals surface area (Å²) < 4.78 is 13.4. The minimum Gasteiger partial charge on any atom is -0.336 e. The first-order chi connectivity index (χ1) is 15.0. The predicted octanol–water partition coefficient (Wildman–Crippen LogP) is 3.05. The number of rotatable bonds is 5. The highest BCUT2D eigenvalue weighted by molar-refractivity contribution is 7.18. The number of hydrogen-bond acceptors (Lipinski definition) is 6. The summed E-state index contributed by atoms with van der Waals surface area (Å²) in [5.41, 5.74) is 2.44. The maximum atomic E-state index is 13.4. The standard InChI is InChI=1S/C22H22FN5O2S/c1-15-4-2-5-16(12-15)20-25-26-22(31-20)24-19(29)14-27-8-10-28(11-9-27)21(30)17-6-3-7-18(23)13-17/h2-7,12-13H,8-11,14H2,1H3,(H,24,26,29). The van der Waals surface area contributed by atoms with Crippen molar-refractivity contribution in [1.29, 1.82) is 0 Å². The van der Waals surface area contributed by atoms with Gasteiger partial charge in [0.05, 0.1) is 6.54 Å². The number of anilines is 1. The molecule has 0 saturated carbocycles. The molecule has 9 heteroatoms. The molecule has 0 atom stereocenters. The Morgan fingerprint density at radius 3 is 2.58 bits per heavy atom. The van der Waals surface area contributed by atoms with Crippen LogP contribution in [0.15, 0.2) is 48.5 Å². The van der Waals surface area contributed by atoms with E-state index in [0.29, 0.717) is 36.9 Å². The summed E-state index contributed by atoms with van der Waals surface area (Å²) in [6.07, 6.45) is 0. The summed E-state index contributed by atoms with van der Waals surface area (Å²) in [5.74, 6) is -0.790. The zero-order valence-corrected chi connectivity index (χ0v) is 17.9. The zero-order chi connectivity index (χ0) is 21.8. The van der Waals surface area contributed by atoms with Crippen LogP contribution in [0.2, 0.25) is 0 Å². The zero-order valence-electron chi connectivity index (χ0n) is 17.0. The largest absolute Gasteiger partial charge is 0.336 e. The van der Waals surface area contributed by atoms with Crippen LogP contribution in [0.1, 0.15) is 15.9 Å². The van der Waals surface area contributed by atoms with Crippen LogP contribution in [0.4, 0.5) is 9.52 Å². The monoisotopic (exact) mass is 439 g/mol. The fourth-order valence-electron chi connectivity index (χ4n) is 3.44. The van der Waals surface area contributed by atoms with Gasteiger partial charge in [-0.2, -0.15) is 0 Å². The highest BCUT2D eigenvalue weighted by atomic mass is 32.1. The van der Waals surface area contributed by atoms with Gasteiger partial charge < -0.3 is 4.90 Å². The number of carbonyl (C=O) groups is 2. The van der Waals surface area contributed by atoms with Crippen molar-refractivity contribution in [2.75, 3.05) is 38.0 Å². The minimum atomic E-state index is -0.427. The summed E-state index contributed by atoms with van der Waals surface area (Å²) in [6, 6.07) is 13.7. The third-order valence-electron chi connectivity index (χ3n) is 5.03. The van der Waals surface area contributed by atoms with E-state index in [2.05, 4.69) is 15.5 Å². The molecule has 1 aliphatic heterocycles. The lowest BCUT2D eigenvalue weighted by molar-refractivity contribution is -0.117. The van der Waals surface area contributed by atoms with E-state index < -0.39 is 5.82 Å². The number of piperazine rings is 1. The SMILES string of the molecule is Cc1cccc(-c2nnc(NC(=O)CN3CCN(C(=O)c4cccc(F)c4)CC3)s2)c1. The van der Waals surface area contributed by atoms with Crippen LogP contribution < -0.4 is 5.32 Å². The quantitative estimate of drug-likeness (QED) is 0.661. The molecule has 0 unspecified atom stereocenters. The number of hydrogen-bond donors (Lipinski definition) is 1. The number of halogens is 1. The first-order valence-corrected chi connectivity index (χ1v) is 10.8. The van der Waals surface area contributed by atoms with Crippen LogP contribution in [0.25, 0.3) is 10.6 Å². The van der Waals surface area contributed by atoms with E-state index in [1.807, 2.05) is 36.1 Å². The van der Waals surface area contributed by atoms with Gasteiger partial charge in [0.1, 0.15) is 10.8 Å². The second-order valence-corrected chi connectivity index (χ2v) is 8.39.